The second-order valence-electron chi connectivity index (χ2n) is 3.16. The maximum atomic E-state index is 11.4. The molecule has 0 aliphatic rings. The van der Waals surface area contributed by atoms with E-state index in [-0.39, 0.29) is 18.0 Å². The van der Waals surface area contributed by atoms with Gasteiger partial charge in [-0.3, -0.25) is 9.89 Å². The first kappa shape index (κ1) is 13.1. The minimum Gasteiger partial charge on any atom is -0.462 e. The molecule has 0 spiro atoms. The van der Waals surface area contributed by atoms with Crippen LogP contribution in [0, 0.1) is 0 Å². The number of nitrogens with zero attached hydrogens (tertiary/aromatic N) is 1. The van der Waals surface area contributed by atoms with Crippen LogP contribution in [-0.2, 0) is 9.53 Å². The Balaban J connectivity index is 2.75. The van der Waals surface area contributed by atoms with Crippen molar-refractivity contribution < 1.29 is 19.4 Å². The number of ether oxygens (including phenoxy) is 1. The number of rotatable bonds is 5. The minimum atomic E-state index is -1.06. The summed E-state index contributed by atoms with van der Waals surface area (Å²) < 4.78 is 4.76. The summed E-state index contributed by atoms with van der Waals surface area (Å²) in [5.74, 6) is -1.13. The molecule has 1 unspecified atom stereocenters. The molecule has 8 heteroatoms. The van der Waals surface area contributed by atoms with Crippen molar-refractivity contribution in [3.63, 3.8) is 0 Å². The summed E-state index contributed by atoms with van der Waals surface area (Å²) in [6, 6.07) is -1.06. The first-order valence-corrected chi connectivity index (χ1v) is 4.98. The number of nitrogens with two attached hydrogens (primary N) is 1. The van der Waals surface area contributed by atoms with E-state index in [9.17, 15) is 9.59 Å². The largest absolute Gasteiger partial charge is 0.462 e. The molecule has 8 nitrogen and oxygen atoms in total. The fourth-order valence-electron chi connectivity index (χ4n) is 1.04. The van der Waals surface area contributed by atoms with Gasteiger partial charge in [-0.25, -0.2) is 4.79 Å². The molecule has 0 radical (unpaired) electrons. The van der Waals surface area contributed by atoms with Gasteiger partial charge in [0.15, 0.2) is 0 Å². The fourth-order valence-corrected chi connectivity index (χ4v) is 1.04. The van der Waals surface area contributed by atoms with Gasteiger partial charge in [0.1, 0.15) is 17.4 Å². The monoisotopic (exact) mass is 242 g/mol. The van der Waals surface area contributed by atoms with E-state index in [0.717, 1.165) is 0 Å². The average Bonchev–Trinajstić information content (AvgIpc) is 2.76. The Morgan fingerprint density at radius 3 is 3.00 bits per heavy atom. The Morgan fingerprint density at radius 1 is 1.71 bits per heavy atom. The van der Waals surface area contributed by atoms with Gasteiger partial charge in [-0.2, -0.15) is 5.10 Å². The normalized spacial score (nSPS) is 11.9. The predicted octanol–water partition coefficient (Wildman–Crippen LogP) is -1.16. The number of H-pyrrole nitrogens is 1. The van der Waals surface area contributed by atoms with Crippen molar-refractivity contribution in [1.82, 2.24) is 10.2 Å². The van der Waals surface area contributed by atoms with Crippen molar-refractivity contribution in [3.05, 3.63) is 11.8 Å². The zero-order valence-corrected chi connectivity index (χ0v) is 9.27. The molecule has 1 rings (SSSR count). The zero-order valence-electron chi connectivity index (χ0n) is 9.27. The van der Waals surface area contributed by atoms with Crippen molar-refractivity contribution in [3.8, 4) is 0 Å². The lowest BCUT2D eigenvalue weighted by atomic mass is 10.3. The van der Waals surface area contributed by atoms with Gasteiger partial charge in [-0.15, -0.1) is 0 Å². The van der Waals surface area contributed by atoms with E-state index >= 15 is 0 Å². The van der Waals surface area contributed by atoms with Gasteiger partial charge < -0.3 is 20.9 Å². The van der Waals surface area contributed by atoms with Crippen LogP contribution in [0.5, 0.6) is 0 Å². The van der Waals surface area contributed by atoms with E-state index in [1.807, 2.05) is 0 Å². The Kier molecular flexibility index (Phi) is 4.61. The number of aromatic amines is 1. The van der Waals surface area contributed by atoms with Crippen LogP contribution in [-0.4, -0.2) is 46.4 Å². The maximum absolute atomic E-state index is 11.4. The average molecular weight is 242 g/mol. The van der Waals surface area contributed by atoms with Gasteiger partial charge >= 0.3 is 5.97 Å². The molecule has 0 aliphatic carbocycles. The summed E-state index contributed by atoms with van der Waals surface area (Å²) >= 11 is 0. The Bertz CT molecular complexity index is 403. The quantitative estimate of drug-likeness (QED) is 0.482. The molecule has 0 aliphatic heterocycles. The number of anilines is 1. The van der Waals surface area contributed by atoms with E-state index in [1.165, 1.54) is 6.20 Å². The van der Waals surface area contributed by atoms with Gasteiger partial charge in [0.05, 0.1) is 19.4 Å². The number of amides is 1. The summed E-state index contributed by atoms with van der Waals surface area (Å²) in [4.78, 5) is 22.8. The van der Waals surface area contributed by atoms with E-state index in [4.69, 9.17) is 15.6 Å². The second kappa shape index (κ2) is 5.97. The van der Waals surface area contributed by atoms with Crippen LogP contribution < -0.4 is 11.1 Å². The van der Waals surface area contributed by atoms with Crippen LogP contribution in [0.15, 0.2) is 6.20 Å². The first-order valence-electron chi connectivity index (χ1n) is 4.98. The topological polar surface area (TPSA) is 130 Å². The Labute approximate surface area is 97.1 Å². The highest BCUT2D eigenvalue weighted by molar-refractivity contribution is 6.01. The summed E-state index contributed by atoms with van der Waals surface area (Å²) in [7, 11) is 0. The molecule has 17 heavy (non-hydrogen) atoms. The van der Waals surface area contributed by atoms with Crippen LogP contribution in [0.3, 0.4) is 0 Å². The molecule has 5 N–H and O–H groups in total. The van der Waals surface area contributed by atoms with Gasteiger partial charge in [-0.05, 0) is 6.92 Å². The zero-order chi connectivity index (χ0) is 12.8. The van der Waals surface area contributed by atoms with E-state index in [0.29, 0.717) is 0 Å². The summed E-state index contributed by atoms with van der Waals surface area (Å²) in [6.45, 7) is 1.39. The van der Waals surface area contributed by atoms with E-state index < -0.39 is 24.5 Å². The van der Waals surface area contributed by atoms with Crippen molar-refractivity contribution in [2.75, 3.05) is 18.5 Å². The number of hydrogen-bond donors (Lipinski definition) is 4. The number of aliphatic hydroxyl groups is 1. The van der Waals surface area contributed by atoms with E-state index in [1.54, 1.807) is 6.92 Å². The molecule has 1 atom stereocenters. The Morgan fingerprint density at radius 2 is 2.41 bits per heavy atom. The van der Waals surface area contributed by atoms with Crippen LogP contribution >= 0.6 is 0 Å². The third-order valence-electron chi connectivity index (χ3n) is 1.92. The van der Waals surface area contributed by atoms with Crippen LogP contribution in [0.4, 0.5) is 5.82 Å². The van der Waals surface area contributed by atoms with Gasteiger partial charge in [-0.1, -0.05) is 0 Å². The van der Waals surface area contributed by atoms with Gasteiger partial charge in [0.25, 0.3) is 0 Å². The third kappa shape index (κ3) is 3.26. The highest BCUT2D eigenvalue weighted by atomic mass is 16.5. The SMILES string of the molecule is CCOC(=O)c1cn[nH]c1NC(=O)C(N)CO. The molecule has 0 fully saturated rings. The van der Waals surface area contributed by atoms with Gasteiger partial charge in [0, 0.05) is 0 Å². The molecular weight excluding hydrogens is 228 g/mol. The first-order chi connectivity index (χ1) is 8.10. The number of esters is 1. The van der Waals surface area contributed by atoms with Crippen LogP contribution in [0.25, 0.3) is 0 Å². The third-order valence-corrected chi connectivity index (χ3v) is 1.92. The van der Waals surface area contributed by atoms with Crippen molar-refractivity contribution in [2.45, 2.75) is 13.0 Å². The standard InChI is InChI=1S/C9H14N4O4/c1-2-17-9(16)5-3-11-13-7(5)12-8(15)6(10)4-14/h3,6,14H,2,4,10H2,1H3,(H2,11,12,13,15). The number of carbonyl (C=O) groups is 2. The minimum absolute atomic E-state index is 0.0948. The van der Waals surface area contributed by atoms with Crippen LogP contribution in [0.1, 0.15) is 17.3 Å². The van der Waals surface area contributed by atoms with Crippen LogP contribution in [0.2, 0.25) is 0 Å². The number of aliphatic hydroxyl groups excluding tert-OH is 1. The summed E-state index contributed by atoms with van der Waals surface area (Å²) in [6.07, 6.45) is 1.23. The number of nitrogens with one attached hydrogen (secondary N) is 2. The highest BCUT2D eigenvalue weighted by Crippen LogP contribution is 2.12. The predicted molar refractivity (Wildman–Crippen MR) is 58.2 cm³/mol. The lowest BCUT2D eigenvalue weighted by Crippen LogP contribution is -2.38. The molecular formula is C9H14N4O4. The lowest BCUT2D eigenvalue weighted by Gasteiger charge is -2.09. The van der Waals surface area contributed by atoms with E-state index in [2.05, 4.69) is 15.5 Å². The lowest BCUT2D eigenvalue weighted by molar-refractivity contribution is -0.118. The summed E-state index contributed by atoms with van der Waals surface area (Å²) in [5, 5.41) is 17.1. The molecule has 0 saturated heterocycles. The number of hydrogen-bond acceptors (Lipinski definition) is 6. The fraction of sp³-hybridized carbons (Fsp3) is 0.444. The maximum Gasteiger partial charge on any atom is 0.343 e. The molecule has 0 aromatic carbocycles. The van der Waals surface area contributed by atoms with Gasteiger partial charge in [0.2, 0.25) is 5.91 Å². The van der Waals surface area contributed by atoms with Crippen molar-refractivity contribution in [2.24, 2.45) is 5.73 Å². The molecule has 94 valence electrons. The molecule has 1 amide bonds. The second-order valence-corrected chi connectivity index (χ2v) is 3.16. The highest BCUT2D eigenvalue weighted by Gasteiger charge is 2.19. The van der Waals surface area contributed by atoms with Crippen molar-refractivity contribution in [1.29, 1.82) is 0 Å². The molecule has 1 aromatic rings. The number of carbonyl (C=O) groups excluding carboxylic acids is 2. The smallest absolute Gasteiger partial charge is 0.343 e. The molecule has 1 aromatic heterocycles. The molecule has 0 saturated carbocycles. The molecule has 0 bridgehead atoms. The summed E-state index contributed by atoms with van der Waals surface area (Å²) in [5.41, 5.74) is 5.41. The number of aromatic nitrogens is 2. The van der Waals surface area contributed by atoms with Crippen molar-refractivity contribution >= 4 is 17.7 Å². The Hall–Kier alpha value is -1.93. The molecule has 1 heterocycles.